The smallest absolute Gasteiger partial charge is 0.133 e. The van der Waals surface area contributed by atoms with Crippen LogP contribution in [0.5, 0.6) is 0 Å². The number of nitriles is 1. The molecule has 0 aliphatic heterocycles. The average molecular weight is 434 g/mol. The summed E-state index contributed by atoms with van der Waals surface area (Å²) in [6, 6.07) is 6.30. The Balaban J connectivity index is 2.33. The Labute approximate surface area is 187 Å². The molecule has 1 rings (SSSR count). The summed E-state index contributed by atoms with van der Waals surface area (Å²) in [6.45, 7) is 11.6. The van der Waals surface area contributed by atoms with Crippen molar-refractivity contribution in [1.82, 2.24) is 9.88 Å². The van der Waals surface area contributed by atoms with E-state index in [1.807, 2.05) is 18.7 Å². The van der Waals surface area contributed by atoms with Gasteiger partial charge in [0.1, 0.15) is 5.40 Å². The number of hydrogen-bond acceptors (Lipinski definition) is 5. The first-order chi connectivity index (χ1) is 14.2. The SMILES string of the molecule is C=C(C)c1cccc(CN(CCCCCC)CCCCCCSCCSC#N)n1. The van der Waals surface area contributed by atoms with E-state index in [-0.39, 0.29) is 0 Å². The van der Waals surface area contributed by atoms with Gasteiger partial charge >= 0.3 is 0 Å². The Morgan fingerprint density at radius 2 is 1.76 bits per heavy atom. The van der Waals surface area contributed by atoms with Crippen LogP contribution >= 0.6 is 23.5 Å². The van der Waals surface area contributed by atoms with E-state index in [4.69, 9.17) is 10.2 Å². The number of allylic oxidation sites excluding steroid dienone is 1. The van der Waals surface area contributed by atoms with Gasteiger partial charge in [-0.15, -0.1) is 0 Å². The van der Waals surface area contributed by atoms with Crippen LogP contribution in [0.4, 0.5) is 0 Å². The molecule has 0 N–H and O–H groups in total. The molecule has 0 amide bonds. The summed E-state index contributed by atoms with van der Waals surface area (Å²) in [4.78, 5) is 7.38. The second-order valence-electron chi connectivity index (χ2n) is 7.60. The van der Waals surface area contributed by atoms with Crippen molar-refractivity contribution in [2.75, 3.05) is 30.3 Å². The van der Waals surface area contributed by atoms with Gasteiger partial charge in [-0.2, -0.15) is 17.0 Å². The van der Waals surface area contributed by atoms with Crippen LogP contribution in [0.25, 0.3) is 5.57 Å². The van der Waals surface area contributed by atoms with Gasteiger partial charge in [0.2, 0.25) is 0 Å². The minimum atomic E-state index is 0.944. The maximum absolute atomic E-state index is 8.51. The van der Waals surface area contributed by atoms with E-state index in [9.17, 15) is 0 Å². The molecule has 0 saturated carbocycles. The number of aromatic nitrogens is 1. The minimum Gasteiger partial charge on any atom is -0.298 e. The second-order valence-corrected chi connectivity index (χ2v) is 9.70. The highest BCUT2D eigenvalue weighted by atomic mass is 32.2. The van der Waals surface area contributed by atoms with E-state index in [1.54, 1.807) is 0 Å². The third-order valence-electron chi connectivity index (χ3n) is 4.86. The largest absolute Gasteiger partial charge is 0.298 e. The number of nitrogens with zero attached hydrogens (tertiary/aromatic N) is 3. The maximum Gasteiger partial charge on any atom is 0.133 e. The second kappa shape index (κ2) is 17.9. The Morgan fingerprint density at radius 1 is 1.03 bits per heavy atom. The van der Waals surface area contributed by atoms with Crippen molar-refractivity contribution in [2.45, 2.75) is 71.8 Å². The lowest BCUT2D eigenvalue weighted by molar-refractivity contribution is 0.250. The fourth-order valence-electron chi connectivity index (χ4n) is 3.21. The van der Waals surface area contributed by atoms with Crippen LogP contribution in [0, 0.1) is 10.7 Å². The molecule has 1 aromatic heterocycles. The molecular formula is C24H39N3S2. The summed E-state index contributed by atoms with van der Waals surface area (Å²) < 4.78 is 0. The van der Waals surface area contributed by atoms with Crippen LogP contribution in [0.15, 0.2) is 24.8 Å². The molecule has 0 atom stereocenters. The van der Waals surface area contributed by atoms with Crippen molar-refractivity contribution in [3.63, 3.8) is 0 Å². The van der Waals surface area contributed by atoms with Crippen LogP contribution in [-0.2, 0) is 6.54 Å². The molecule has 3 nitrogen and oxygen atoms in total. The average Bonchev–Trinajstić information content (AvgIpc) is 2.72. The van der Waals surface area contributed by atoms with E-state index < -0.39 is 0 Å². The lowest BCUT2D eigenvalue weighted by Gasteiger charge is -2.22. The van der Waals surface area contributed by atoms with Crippen LogP contribution in [-0.4, -0.2) is 40.2 Å². The lowest BCUT2D eigenvalue weighted by Crippen LogP contribution is -2.26. The summed E-state index contributed by atoms with van der Waals surface area (Å²) in [7, 11) is 0. The maximum atomic E-state index is 8.51. The molecule has 0 unspecified atom stereocenters. The Bertz CT molecular complexity index is 598. The Morgan fingerprint density at radius 3 is 2.45 bits per heavy atom. The first-order valence-electron chi connectivity index (χ1n) is 11.1. The van der Waals surface area contributed by atoms with Crippen molar-refractivity contribution < 1.29 is 0 Å². The van der Waals surface area contributed by atoms with Crippen molar-refractivity contribution >= 4 is 29.1 Å². The van der Waals surface area contributed by atoms with Gasteiger partial charge in [-0.1, -0.05) is 51.7 Å². The number of thioether (sulfide) groups is 2. The highest BCUT2D eigenvalue weighted by Crippen LogP contribution is 2.14. The number of unbranched alkanes of at least 4 members (excludes halogenated alkanes) is 6. The molecule has 0 spiro atoms. The van der Waals surface area contributed by atoms with Crippen LogP contribution in [0.1, 0.15) is 76.6 Å². The third-order valence-corrected chi connectivity index (χ3v) is 6.73. The van der Waals surface area contributed by atoms with Crippen molar-refractivity contribution in [3.05, 3.63) is 36.2 Å². The van der Waals surface area contributed by atoms with Crippen molar-refractivity contribution in [2.24, 2.45) is 0 Å². The zero-order chi connectivity index (χ0) is 21.2. The monoisotopic (exact) mass is 433 g/mol. The molecule has 1 aromatic rings. The number of hydrogen-bond donors (Lipinski definition) is 0. The molecule has 0 aromatic carbocycles. The van der Waals surface area contributed by atoms with Gasteiger partial charge in [0.15, 0.2) is 0 Å². The Hall–Kier alpha value is -0.960. The van der Waals surface area contributed by atoms with Crippen molar-refractivity contribution in [1.29, 1.82) is 5.26 Å². The summed E-state index contributed by atoms with van der Waals surface area (Å²) in [6.07, 6.45) is 10.4. The summed E-state index contributed by atoms with van der Waals surface area (Å²) in [5, 5.41) is 10.6. The standard InChI is InChI=1S/C24H39N3S2/c1-4-5-6-9-15-27(20-23-13-12-14-24(26-23)22(2)3)16-10-7-8-11-17-28-18-19-29-21-25/h12-14H,2,4-11,15-20H2,1,3H3. The quantitative estimate of drug-likeness (QED) is 0.184. The van der Waals surface area contributed by atoms with Crippen LogP contribution < -0.4 is 0 Å². The summed E-state index contributed by atoms with van der Waals surface area (Å²) >= 11 is 3.35. The topological polar surface area (TPSA) is 39.9 Å². The van der Waals surface area contributed by atoms with Gasteiger partial charge in [-0.25, -0.2) is 0 Å². The van der Waals surface area contributed by atoms with Gasteiger partial charge in [0, 0.05) is 18.1 Å². The zero-order valence-electron chi connectivity index (χ0n) is 18.5. The molecule has 5 heteroatoms. The molecule has 29 heavy (non-hydrogen) atoms. The first kappa shape index (κ1) is 26.1. The zero-order valence-corrected chi connectivity index (χ0v) is 20.1. The third kappa shape index (κ3) is 13.8. The van der Waals surface area contributed by atoms with Gasteiger partial charge in [0.05, 0.1) is 11.4 Å². The predicted octanol–water partition coefficient (Wildman–Crippen LogP) is 7.00. The first-order valence-corrected chi connectivity index (χ1v) is 13.2. The number of pyridine rings is 1. The van der Waals surface area contributed by atoms with Gasteiger partial charge in [-0.05, 0) is 74.5 Å². The molecule has 0 radical (unpaired) electrons. The highest BCUT2D eigenvalue weighted by molar-refractivity contribution is 8.05. The predicted molar refractivity (Wildman–Crippen MR) is 132 cm³/mol. The summed E-state index contributed by atoms with van der Waals surface area (Å²) in [5.74, 6) is 3.28. The Kier molecular flexibility index (Phi) is 16.1. The number of rotatable bonds is 18. The number of thiocyanates is 1. The van der Waals surface area contributed by atoms with E-state index >= 15 is 0 Å². The van der Waals surface area contributed by atoms with Gasteiger partial charge < -0.3 is 0 Å². The summed E-state index contributed by atoms with van der Waals surface area (Å²) in [5.41, 5.74) is 3.21. The molecule has 0 fully saturated rings. The lowest BCUT2D eigenvalue weighted by atomic mass is 10.1. The fraction of sp³-hybridized carbons (Fsp3) is 0.667. The van der Waals surface area contributed by atoms with Crippen LogP contribution in [0.3, 0.4) is 0 Å². The molecule has 1 heterocycles. The molecule has 0 aliphatic rings. The van der Waals surface area contributed by atoms with Crippen LogP contribution in [0.2, 0.25) is 0 Å². The van der Waals surface area contributed by atoms with Gasteiger partial charge in [0.25, 0.3) is 0 Å². The normalized spacial score (nSPS) is 11.0. The molecule has 162 valence electrons. The molecule has 0 saturated heterocycles. The van der Waals surface area contributed by atoms with Gasteiger partial charge in [-0.3, -0.25) is 9.88 Å². The minimum absolute atomic E-state index is 0.944. The van der Waals surface area contributed by atoms with E-state index in [2.05, 4.69) is 42.0 Å². The molecule has 0 aliphatic carbocycles. The highest BCUT2D eigenvalue weighted by Gasteiger charge is 2.08. The van der Waals surface area contributed by atoms with Crippen molar-refractivity contribution in [3.8, 4) is 5.40 Å². The van der Waals surface area contributed by atoms with E-state index in [0.29, 0.717) is 0 Å². The molecule has 0 bridgehead atoms. The fourth-order valence-corrected chi connectivity index (χ4v) is 4.72. The molecular weight excluding hydrogens is 394 g/mol. The van der Waals surface area contributed by atoms with E-state index in [1.165, 1.54) is 75.4 Å². The van der Waals surface area contributed by atoms with E-state index in [0.717, 1.165) is 41.6 Å².